The first kappa shape index (κ1) is 26.9. The lowest BCUT2D eigenvalue weighted by Crippen LogP contribution is -2.56. The fraction of sp³-hybridized carbons (Fsp3) is 0.448. The molecule has 1 saturated heterocycles. The van der Waals surface area contributed by atoms with Crippen molar-refractivity contribution in [2.75, 3.05) is 41.8 Å². The number of H-pyrrole nitrogens is 1. The second kappa shape index (κ2) is 9.95. The molecule has 2 atom stereocenters. The number of likely N-dealkylation sites (N-methyl/N-ethyl adjacent to an activating group) is 1. The number of fused-ring (bicyclic) bond motifs is 2. The van der Waals surface area contributed by atoms with Crippen LogP contribution in [0, 0.1) is 0 Å². The largest absolute Gasteiger partial charge is 0.353 e. The van der Waals surface area contributed by atoms with Crippen molar-refractivity contribution in [3.8, 4) is 11.3 Å². The summed E-state index contributed by atoms with van der Waals surface area (Å²) in [5.41, 5.74) is 4.03. The SMILES string of the molecule is CCN1C(C)CN(c2cc(-c3n[nH]c4ccc(NC(=O)C5=C(C)N(C)c6nnnn6C5(C)C)cc34)ccn2)C[C@H]1C. The number of carbonyl (C=O) groups excluding carboxylic acids is 1. The van der Waals surface area contributed by atoms with Crippen LogP contribution in [-0.4, -0.2) is 85.0 Å². The molecule has 0 saturated carbocycles. The summed E-state index contributed by atoms with van der Waals surface area (Å²) < 4.78 is 1.68. The van der Waals surface area contributed by atoms with Crippen LogP contribution in [0.4, 0.5) is 17.5 Å². The Kier molecular flexibility index (Phi) is 6.52. The lowest BCUT2D eigenvalue weighted by Gasteiger charge is -2.44. The maximum absolute atomic E-state index is 13.7. The number of piperazine rings is 1. The van der Waals surface area contributed by atoms with Crippen LogP contribution in [0.2, 0.25) is 0 Å². The maximum Gasteiger partial charge on any atom is 0.255 e. The molecule has 1 unspecified atom stereocenters. The normalized spacial score (nSPS) is 21.0. The van der Waals surface area contributed by atoms with Gasteiger partial charge in [-0.25, -0.2) is 9.67 Å². The Morgan fingerprint density at radius 2 is 1.90 bits per heavy atom. The highest BCUT2D eigenvalue weighted by atomic mass is 16.1. The number of amides is 1. The Morgan fingerprint density at radius 1 is 1.15 bits per heavy atom. The number of nitrogens with one attached hydrogen (secondary N) is 2. The van der Waals surface area contributed by atoms with Crippen LogP contribution in [0.1, 0.15) is 41.5 Å². The van der Waals surface area contributed by atoms with Gasteiger partial charge in [0.15, 0.2) is 0 Å². The molecule has 1 amide bonds. The number of pyridine rings is 1. The van der Waals surface area contributed by atoms with E-state index in [1.54, 1.807) is 4.68 Å². The van der Waals surface area contributed by atoms with E-state index in [0.29, 0.717) is 29.3 Å². The van der Waals surface area contributed by atoms with Crippen molar-refractivity contribution >= 4 is 34.3 Å². The summed E-state index contributed by atoms with van der Waals surface area (Å²) in [6.45, 7) is 15.5. The van der Waals surface area contributed by atoms with Crippen molar-refractivity contribution in [2.24, 2.45) is 0 Å². The zero-order valence-corrected chi connectivity index (χ0v) is 24.7. The Labute approximate surface area is 239 Å². The van der Waals surface area contributed by atoms with Crippen LogP contribution in [0.15, 0.2) is 47.8 Å². The van der Waals surface area contributed by atoms with Gasteiger partial charge >= 0.3 is 0 Å². The van der Waals surface area contributed by atoms with Crippen molar-refractivity contribution in [1.82, 2.24) is 40.3 Å². The molecule has 4 aromatic rings. The number of hydrogen-bond donors (Lipinski definition) is 2. The number of allylic oxidation sites excluding steroid dienone is 1. The standard InChI is InChI=1S/C29H37N11O/c1-8-39-17(2)15-38(16-18(39)3)24-13-20(11-12-30-24)26-22-14-21(9-10-23(22)32-33-26)31-27(41)25-19(4)37(7)28-34-35-36-40(28)29(25,5)6/h9-14,17-18H,8,15-16H2,1-7H3,(H,31,41)(H,32,33)/t17-,18?/m1/s1. The molecule has 5 heterocycles. The zero-order chi connectivity index (χ0) is 29.1. The average molecular weight is 556 g/mol. The van der Waals surface area contributed by atoms with E-state index >= 15 is 0 Å². The van der Waals surface area contributed by atoms with E-state index < -0.39 is 5.54 Å². The lowest BCUT2D eigenvalue weighted by molar-refractivity contribution is -0.113. The van der Waals surface area contributed by atoms with Gasteiger partial charge in [0.1, 0.15) is 11.5 Å². The third-order valence-electron chi connectivity index (χ3n) is 8.62. The summed E-state index contributed by atoms with van der Waals surface area (Å²) in [7, 11) is 1.86. The van der Waals surface area contributed by atoms with E-state index in [4.69, 9.17) is 4.98 Å². The molecule has 6 rings (SSSR count). The maximum atomic E-state index is 13.7. The Bertz CT molecular complexity index is 1640. The first-order valence-corrected chi connectivity index (χ1v) is 14.1. The fourth-order valence-electron chi connectivity index (χ4n) is 6.47. The number of tetrazole rings is 1. The molecule has 12 heteroatoms. The van der Waals surface area contributed by atoms with Crippen molar-refractivity contribution in [1.29, 1.82) is 0 Å². The van der Waals surface area contributed by atoms with Gasteiger partial charge in [-0.15, -0.1) is 0 Å². The smallest absolute Gasteiger partial charge is 0.255 e. The highest BCUT2D eigenvalue weighted by Crippen LogP contribution is 2.38. The molecular formula is C29H37N11O. The quantitative estimate of drug-likeness (QED) is 0.380. The van der Waals surface area contributed by atoms with E-state index in [1.807, 2.05) is 63.2 Å². The van der Waals surface area contributed by atoms with Crippen molar-refractivity contribution < 1.29 is 4.79 Å². The minimum atomic E-state index is -0.727. The number of rotatable bonds is 5. The number of aromatic amines is 1. The van der Waals surface area contributed by atoms with E-state index in [1.165, 1.54) is 0 Å². The first-order valence-electron chi connectivity index (χ1n) is 14.1. The molecule has 12 nitrogen and oxygen atoms in total. The van der Waals surface area contributed by atoms with Crippen molar-refractivity contribution in [3.63, 3.8) is 0 Å². The minimum Gasteiger partial charge on any atom is -0.353 e. The fourth-order valence-corrected chi connectivity index (χ4v) is 6.47. The van der Waals surface area contributed by atoms with Gasteiger partial charge in [0.2, 0.25) is 5.95 Å². The lowest BCUT2D eigenvalue weighted by atomic mass is 9.89. The van der Waals surface area contributed by atoms with E-state index in [-0.39, 0.29) is 5.91 Å². The molecule has 2 aliphatic rings. The van der Waals surface area contributed by atoms with Gasteiger partial charge in [0, 0.05) is 60.8 Å². The Hall–Kier alpha value is -4.32. The van der Waals surface area contributed by atoms with Gasteiger partial charge in [-0.2, -0.15) is 5.10 Å². The number of anilines is 3. The molecule has 0 bridgehead atoms. The Balaban J connectivity index is 1.29. The summed E-state index contributed by atoms with van der Waals surface area (Å²) in [6, 6.07) is 10.8. The molecule has 3 aromatic heterocycles. The minimum absolute atomic E-state index is 0.203. The predicted molar refractivity (Wildman–Crippen MR) is 160 cm³/mol. The molecular weight excluding hydrogens is 518 g/mol. The molecule has 0 aliphatic carbocycles. The average Bonchev–Trinajstić information content (AvgIpc) is 3.60. The van der Waals surface area contributed by atoms with Gasteiger partial charge < -0.3 is 15.1 Å². The molecule has 2 N–H and O–H groups in total. The van der Waals surface area contributed by atoms with E-state index in [9.17, 15) is 4.79 Å². The molecule has 0 radical (unpaired) electrons. The van der Waals surface area contributed by atoms with Crippen LogP contribution in [0.3, 0.4) is 0 Å². The highest BCUT2D eigenvalue weighted by molar-refractivity contribution is 6.07. The third kappa shape index (κ3) is 4.42. The molecule has 2 aliphatic heterocycles. The summed E-state index contributed by atoms with van der Waals surface area (Å²) in [6.07, 6.45) is 1.85. The monoisotopic (exact) mass is 555 g/mol. The molecule has 1 fully saturated rings. The number of carbonyl (C=O) groups is 1. The Morgan fingerprint density at radius 3 is 2.63 bits per heavy atom. The highest BCUT2D eigenvalue weighted by Gasteiger charge is 2.41. The summed E-state index contributed by atoms with van der Waals surface area (Å²) in [4.78, 5) is 25.1. The number of nitrogens with zero attached hydrogens (tertiary/aromatic N) is 9. The van der Waals surface area contributed by atoms with Crippen LogP contribution >= 0.6 is 0 Å². The predicted octanol–water partition coefficient (Wildman–Crippen LogP) is 3.63. The van der Waals surface area contributed by atoms with Crippen molar-refractivity contribution in [3.05, 3.63) is 47.8 Å². The van der Waals surface area contributed by atoms with Crippen LogP contribution in [0.25, 0.3) is 22.2 Å². The van der Waals surface area contributed by atoms with E-state index in [2.05, 4.69) is 67.7 Å². The summed E-state index contributed by atoms with van der Waals surface area (Å²) in [5, 5.41) is 23.9. The molecule has 0 spiro atoms. The van der Waals surface area contributed by atoms with Crippen molar-refractivity contribution in [2.45, 2.75) is 59.2 Å². The van der Waals surface area contributed by atoms with Gasteiger partial charge in [-0.1, -0.05) is 12.0 Å². The van der Waals surface area contributed by atoms with Crippen LogP contribution in [0.5, 0.6) is 0 Å². The topological polar surface area (TPSA) is 124 Å². The first-order chi connectivity index (χ1) is 19.6. The van der Waals surface area contributed by atoms with Gasteiger partial charge in [-0.3, -0.25) is 14.8 Å². The zero-order valence-electron chi connectivity index (χ0n) is 24.7. The second-order valence-corrected chi connectivity index (χ2v) is 11.6. The number of aromatic nitrogens is 7. The van der Waals surface area contributed by atoms with Gasteiger partial charge in [-0.05, 0) is 81.9 Å². The third-order valence-corrected chi connectivity index (χ3v) is 8.62. The molecule has 41 heavy (non-hydrogen) atoms. The van der Waals surface area contributed by atoms with Gasteiger partial charge in [0.25, 0.3) is 5.91 Å². The summed E-state index contributed by atoms with van der Waals surface area (Å²) in [5.74, 6) is 1.34. The van der Waals surface area contributed by atoms with Gasteiger partial charge in [0.05, 0.1) is 16.6 Å². The number of benzene rings is 1. The summed E-state index contributed by atoms with van der Waals surface area (Å²) >= 11 is 0. The molecule has 214 valence electrons. The van der Waals surface area contributed by atoms with Crippen LogP contribution in [-0.2, 0) is 10.3 Å². The second-order valence-electron chi connectivity index (χ2n) is 11.6. The number of hydrogen-bond acceptors (Lipinski definition) is 9. The van der Waals surface area contributed by atoms with Crippen LogP contribution < -0.4 is 15.1 Å². The van der Waals surface area contributed by atoms with E-state index in [0.717, 1.165) is 53.3 Å². The molecule has 1 aromatic carbocycles.